The van der Waals surface area contributed by atoms with E-state index >= 15 is 0 Å². The van der Waals surface area contributed by atoms with E-state index in [1.54, 1.807) is 24.3 Å². The molecule has 0 bridgehead atoms. The van der Waals surface area contributed by atoms with Gasteiger partial charge in [0, 0.05) is 18.2 Å². The molecule has 0 radical (unpaired) electrons. The lowest BCUT2D eigenvalue weighted by atomic mass is 10.2. The normalized spacial score (nSPS) is 16.5. The lowest BCUT2D eigenvalue weighted by Gasteiger charge is -2.23. The summed E-state index contributed by atoms with van der Waals surface area (Å²) in [5.74, 6) is -0.379. The highest BCUT2D eigenvalue weighted by Crippen LogP contribution is 2.15. The topological polar surface area (TPSA) is 58.6 Å². The van der Waals surface area contributed by atoms with Gasteiger partial charge in [0.2, 0.25) is 5.91 Å². The number of esters is 1. The Hall–Kier alpha value is -1.88. The summed E-state index contributed by atoms with van der Waals surface area (Å²) < 4.78 is 4.64. The van der Waals surface area contributed by atoms with E-state index in [-0.39, 0.29) is 17.9 Å². The number of nitrogens with zero attached hydrogens (tertiary/aromatic N) is 1. The van der Waals surface area contributed by atoms with E-state index in [0.29, 0.717) is 17.7 Å². The van der Waals surface area contributed by atoms with Crippen molar-refractivity contribution in [3.05, 3.63) is 29.8 Å². The van der Waals surface area contributed by atoms with Crippen LogP contribution in [-0.2, 0) is 9.53 Å². The molecule has 2 rings (SSSR count). The van der Waals surface area contributed by atoms with Crippen LogP contribution in [-0.4, -0.2) is 43.0 Å². The Labute approximate surface area is 125 Å². The lowest BCUT2D eigenvalue weighted by molar-refractivity contribution is -0.117. The number of carbonyl (C=O) groups is 2. The van der Waals surface area contributed by atoms with Crippen molar-refractivity contribution in [2.45, 2.75) is 32.2 Å². The largest absolute Gasteiger partial charge is 0.465 e. The molecule has 1 N–H and O–H groups in total. The minimum absolute atomic E-state index is 0.000202. The first kappa shape index (κ1) is 15.5. The monoisotopic (exact) mass is 290 g/mol. The van der Waals surface area contributed by atoms with Crippen LogP contribution in [0.2, 0.25) is 0 Å². The second-order valence-electron chi connectivity index (χ2n) is 5.41. The van der Waals surface area contributed by atoms with Crippen LogP contribution in [0.25, 0.3) is 0 Å². The molecule has 114 valence electrons. The van der Waals surface area contributed by atoms with Gasteiger partial charge in [-0.05, 0) is 57.1 Å². The number of carbonyl (C=O) groups excluding carboxylic acids is 2. The summed E-state index contributed by atoms with van der Waals surface area (Å²) in [4.78, 5) is 25.7. The summed E-state index contributed by atoms with van der Waals surface area (Å²) in [6, 6.07) is 6.98. The Kier molecular flexibility index (Phi) is 5.33. The molecule has 1 atom stereocenters. The molecule has 1 aromatic rings. The Balaban J connectivity index is 1.85. The van der Waals surface area contributed by atoms with Crippen LogP contribution in [0, 0.1) is 0 Å². The van der Waals surface area contributed by atoms with Gasteiger partial charge in [0.05, 0.1) is 12.7 Å². The molecule has 21 heavy (non-hydrogen) atoms. The number of anilines is 1. The maximum Gasteiger partial charge on any atom is 0.337 e. The Morgan fingerprint density at radius 3 is 2.43 bits per heavy atom. The van der Waals surface area contributed by atoms with Gasteiger partial charge < -0.3 is 15.0 Å². The van der Waals surface area contributed by atoms with Gasteiger partial charge in [-0.2, -0.15) is 0 Å². The third-order valence-corrected chi connectivity index (χ3v) is 3.83. The Bertz CT molecular complexity index is 493. The maximum absolute atomic E-state index is 12.0. The molecule has 5 heteroatoms. The van der Waals surface area contributed by atoms with E-state index in [0.717, 1.165) is 13.1 Å². The van der Waals surface area contributed by atoms with E-state index in [4.69, 9.17) is 0 Å². The van der Waals surface area contributed by atoms with Crippen molar-refractivity contribution in [3.8, 4) is 0 Å². The number of nitrogens with one attached hydrogen (secondary N) is 1. The van der Waals surface area contributed by atoms with Crippen LogP contribution in [0.1, 0.15) is 36.5 Å². The quantitative estimate of drug-likeness (QED) is 0.845. The van der Waals surface area contributed by atoms with Gasteiger partial charge >= 0.3 is 5.97 Å². The summed E-state index contributed by atoms with van der Waals surface area (Å²) in [6.45, 7) is 4.26. The first-order valence-electron chi connectivity index (χ1n) is 7.32. The van der Waals surface area contributed by atoms with Crippen molar-refractivity contribution in [1.29, 1.82) is 0 Å². The van der Waals surface area contributed by atoms with Crippen molar-refractivity contribution in [3.63, 3.8) is 0 Å². The molecule has 1 unspecified atom stereocenters. The number of hydrogen-bond donors (Lipinski definition) is 1. The van der Waals surface area contributed by atoms with Crippen molar-refractivity contribution in [2.24, 2.45) is 0 Å². The molecule has 1 fully saturated rings. The SMILES string of the molecule is COC(=O)c1ccc(NC(=O)CC(C)N2CCCC2)cc1. The van der Waals surface area contributed by atoms with Crippen molar-refractivity contribution < 1.29 is 14.3 Å². The highest BCUT2D eigenvalue weighted by atomic mass is 16.5. The predicted octanol–water partition coefficient (Wildman–Crippen LogP) is 2.29. The van der Waals surface area contributed by atoms with E-state index in [9.17, 15) is 9.59 Å². The molecule has 1 amide bonds. The van der Waals surface area contributed by atoms with Gasteiger partial charge in [-0.15, -0.1) is 0 Å². The van der Waals surface area contributed by atoms with E-state index in [1.807, 2.05) is 0 Å². The van der Waals surface area contributed by atoms with E-state index < -0.39 is 0 Å². The van der Waals surface area contributed by atoms with Gasteiger partial charge in [-0.1, -0.05) is 0 Å². The fraction of sp³-hybridized carbons (Fsp3) is 0.500. The van der Waals surface area contributed by atoms with Gasteiger partial charge in [0.15, 0.2) is 0 Å². The van der Waals surface area contributed by atoms with Gasteiger partial charge in [0.1, 0.15) is 0 Å². The highest BCUT2D eigenvalue weighted by molar-refractivity contribution is 5.93. The molecule has 5 nitrogen and oxygen atoms in total. The average Bonchev–Trinajstić information content (AvgIpc) is 3.01. The van der Waals surface area contributed by atoms with Crippen LogP contribution in [0.15, 0.2) is 24.3 Å². The van der Waals surface area contributed by atoms with Gasteiger partial charge in [-0.25, -0.2) is 4.79 Å². The molecule has 1 aromatic carbocycles. The molecule has 1 aliphatic rings. The molecular formula is C16H22N2O3. The zero-order chi connectivity index (χ0) is 15.2. The average molecular weight is 290 g/mol. The minimum atomic E-state index is -0.379. The molecule has 0 aromatic heterocycles. The number of amides is 1. The van der Waals surface area contributed by atoms with Crippen molar-refractivity contribution in [2.75, 3.05) is 25.5 Å². The molecule has 0 aliphatic carbocycles. The predicted molar refractivity (Wildman–Crippen MR) is 81.3 cm³/mol. The first-order chi connectivity index (χ1) is 10.1. The Morgan fingerprint density at radius 2 is 1.86 bits per heavy atom. The summed E-state index contributed by atoms with van der Waals surface area (Å²) in [5.41, 5.74) is 1.17. The van der Waals surface area contributed by atoms with Crippen LogP contribution in [0.3, 0.4) is 0 Å². The molecule has 0 spiro atoms. The number of rotatable bonds is 5. The number of hydrogen-bond acceptors (Lipinski definition) is 4. The number of likely N-dealkylation sites (tertiary alicyclic amines) is 1. The van der Waals surface area contributed by atoms with Gasteiger partial charge in [0.25, 0.3) is 0 Å². The summed E-state index contributed by atoms with van der Waals surface area (Å²) in [7, 11) is 1.35. The highest BCUT2D eigenvalue weighted by Gasteiger charge is 2.20. The maximum atomic E-state index is 12.0. The third-order valence-electron chi connectivity index (χ3n) is 3.83. The molecule has 1 saturated heterocycles. The second-order valence-corrected chi connectivity index (χ2v) is 5.41. The van der Waals surface area contributed by atoms with Crippen molar-refractivity contribution >= 4 is 17.6 Å². The van der Waals surface area contributed by atoms with Crippen LogP contribution in [0.5, 0.6) is 0 Å². The Morgan fingerprint density at radius 1 is 1.24 bits per heavy atom. The number of ether oxygens (including phenoxy) is 1. The summed E-state index contributed by atoms with van der Waals surface area (Å²) in [5, 5.41) is 2.86. The van der Waals surface area contributed by atoms with E-state index in [2.05, 4.69) is 21.9 Å². The standard InChI is InChI=1S/C16H22N2O3/c1-12(18-9-3-4-10-18)11-15(19)17-14-7-5-13(6-8-14)16(20)21-2/h5-8,12H,3-4,9-11H2,1-2H3,(H,17,19). The fourth-order valence-electron chi connectivity index (χ4n) is 2.60. The number of benzene rings is 1. The summed E-state index contributed by atoms with van der Waals surface area (Å²) >= 11 is 0. The zero-order valence-electron chi connectivity index (χ0n) is 12.6. The van der Waals surface area contributed by atoms with E-state index in [1.165, 1.54) is 20.0 Å². The van der Waals surface area contributed by atoms with Crippen LogP contribution >= 0.6 is 0 Å². The molecule has 0 saturated carbocycles. The fourth-order valence-corrected chi connectivity index (χ4v) is 2.60. The minimum Gasteiger partial charge on any atom is -0.465 e. The number of methoxy groups -OCH3 is 1. The summed E-state index contributed by atoms with van der Waals surface area (Å²) in [6.07, 6.45) is 2.93. The molecular weight excluding hydrogens is 268 g/mol. The van der Waals surface area contributed by atoms with Crippen LogP contribution < -0.4 is 5.32 Å². The smallest absolute Gasteiger partial charge is 0.337 e. The van der Waals surface area contributed by atoms with Crippen molar-refractivity contribution in [1.82, 2.24) is 4.90 Å². The second kappa shape index (κ2) is 7.22. The first-order valence-corrected chi connectivity index (χ1v) is 7.32. The van der Waals surface area contributed by atoms with Gasteiger partial charge in [-0.3, -0.25) is 4.79 Å². The third kappa shape index (κ3) is 4.29. The zero-order valence-corrected chi connectivity index (χ0v) is 12.6. The molecule has 1 heterocycles. The molecule has 1 aliphatic heterocycles. The lowest BCUT2D eigenvalue weighted by Crippen LogP contribution is -2.33. The van der Waals surface area contributed by atoms with Crippen LogP contribution in [0.4, 0.5) is 5.69 Å².